The lowest BCUT2D eigenvalue weighted by molar-refractivity contribution is -0.122. The van der Waals surface area contributed by atoms with Crippen LogP contribution in [-0.4, -0.2) is 12.0 Å². The van der Waals surface area contributed by atoms with Crippen LogP contribution in [0, 0.1) is 12.7 Å². The van der Waals surface area contributed by atoms with Gasteiger partial charge in [-0.15, -0.1) is 0 Å². The Balaban J connectivity index is 2.02. The molecule has 21 heavy (non-hydrogen) atoms. The van der Waals surface area contributed by atoms with Crippen LogP contribution in [0.2, 0.25) is 5.02 Å². The second-order valence-corrected chi connectivity index (χ2v) is 5.13. The minimum Gasteiger partial charge on any atom is -0.481 e. The van der Waals surface area contributed by atoms with Gasteiger partial charge >= 0.3 is 0 Å². The zero-order valence-electron chi connectivity index (χ0n) is 11.7. The first-order valence-corrected chi connectivity index (χ1v) is 6.83. The number of halogens is 2. The van der Waals surface area contributed by atoms with Gasteiger partial charge < -0.3 is 10.1 Å². The fraction of sp³-hybridized carbons (Fsp3) is 0.188. The molecule has 3 nitrogen and oxygen atoms in total. The maximum Gasteiger partial charge on any atom is 0.265 e. The van der Waals surface area contributed by atoms with Gasteiger partial charge in [0.25, 0.3) is 5.91 Å². The summed E-state index contributed by atoms with van der Waals surface area (Å²) in [7, 11) is 0. The van der Waals surface area contributed by atoms with Crippen LogP contribution in [0.5, 0.6) is 5.75 Å². The molecule has 0 heterocycles. The van der Waals surface area contributed by atoms with Crippen LogP contribution >= 0.6 is 11.6 Å². The number of amides is 1. The number of carbonyl (C=O) groups is 1. The summed E-state index contributed by atoms with van der Waals surface area (Å²) >= 11 is 5.84. The third kappa shape index (κ3) is 4.20. The molecular formula is C16H15ClFNO2. The number of carbonyl (C=O) groups excluding carboxylic acids is 1. The molecule has 2 rings (SSSR count). The summed E-state index contributed by atoms with van der Waals surface area (Å²) in [4.78, 5) is 12.0. The first-order chi connectivity index (χ1) is 9.95. The van der Waals surface area contributed by atoms with Crippen LogP contribution in [0.4, 0.5) is 10.1 Å². The second kappa shape index (κ2) is 6.59. The van der Waals surface area contributed by atoms with E-state index in [0.29, 0.717) is 10.8 Å². The quantitative estimate of drug-likeness (QED) is 0.919. The Labute approximate surface area is 127 Å². The first-order valence-electron chi connectivity index (χ1n) is 6.45. The number of ether oxygens (including phenoxy) is 1. The summed E-state index contributed by atoms with van der Waals surface area (Å²) in [6.07, 6.45) is -0.774. The van der Waals surface area contributed by atoms with Gasteiger partial charge in [0.1, 0.15) is 11.6 Å². The van der Waals surface area contributed by atoms with Crippen LogP contribution in [-0.2, 0) is 4.79 Å². The van der Waals surface area contributed by atoms with Gasteiger partial charge in [-0.05, 0) is 49.7 Å². The molecule has 1 amide bonds. The van der Waals surface area contributed by atoms with Crippen molar-refractivity contribution in [2.24, 2.45) is 0 Å². The molecule has 1 atom stereocenters. The molecule has 0 aliphatic rings. The maximum absolute atomic E-state index is 13.7. The minimum atomic E-state index is -0.774. The van der Waals surface area contributed by atoms with E-state index in [4.69, 9.17) is 16.3 Å². The maximum atomic E-state index is 13.7. The molecule has 0 radical (unpaired) electrons. The summed E-state index contributed by atoms with van der Waals surface area (Å²) in [6.45, 7) is 3.36. The Kier molecular flexibility index (Phi) is 4.81. The molecule has 0 saturated heterocycles. The minimum absolute atomic E-state index is 0.132. The third-order valence-corrected chi connectivity index (χ3v) is 3.10. The van der Waals surface area contributed by atoms with Crippen molar-refractivity contribution < 1.29 is 13.9 Å². The highest BCUT2D eigenvalue weighted by Gasteiger charge is 2.16. The molecule has 0 aliphatic carbocycles. The standard InChI is InChI=1S/C16H15ClFNO2/c1-10-6-7-15(14(18)8-10)19-16(20)11(2)21-13-5-3-4-12(17)9-13/h3-9,11H,1-2H3,(H,19,20)/t11-/m1/s1. The fourth-order valence-electron chi connectivity index (χ4n) is 1.75. The number of hydrogen-bond acceptors (Lipinski definition) is 2. The van der Waals surface area contributed by atoms with Crippen molar-refractivity contribution >= 4 is 23.2 Å². The van der Waals surface area contributed by atoms with Crippen molar-refractivity contribution in [3.05, 3.63) is 58.9 Å². The summed E-state index contributed by atoms with van der Waals surface area (Å²) in [6, 6.07) is 11.3. The summed E-state index contributed by atoms with van der Waals surface area (Å²) in [5.41, 5.74) is 0.917. The molecule has 0 fully saturated rings. The van der Waals surface area contributed by atoms with E-state index < -0.39 is 17.8 Å². The van der Waals surface area contributed by atoms with Gasteiger partial charge in [-0.1, -0.05) is 23.7 Å². The lowest BCUT2D eigenvalue weighted by Gasteiger charge is -2.15. The molecule has 0 saturated carbocycles. The molecule has 0 aliphatic heterocycles. The van der Waals surface area contributed by atoms with Gasteiger partial charge in [-0.3, -0.25) is 4.79 Å². The van der Waals surface area contributed by atoms with Crippen LogP contribution < -0.4 is 10.1 Å². The lowest BCUT2D eigenvalue weighted by Crippen LogP contribution is -2.30. The van der Waals surface area contributed by atoms with Crippen LogP contribution in [0.15, 0.2) is 42.5 Å². The van der Waals surface area contributed by atoms with Gasteiger partial charge in [-0.2, -0.15) is 0 Å². The number of aryl methyl sites for hydroxylation is 1. The molecule has 5 heteroatoms. The van der Waals surface area contributed by atoms with Gasteiger partial charge in [0.15, 0.2) is 6.10 Å². The average molecular weight is 308 g/mol. The van der Waals surface area contributed by atoms with Crippen LogP contribution in [0.1, 0.15) is 12.5 Å². The fourth-order valence-corrected chi connectivity index (χ4v) is 1.93. The Hall–Kier alpha value is -2.07. The van der Waals surface area contributed by atoms with Crippen molar-refractivity contribution in [2.45, 2.75) is 20.0 Å². The van der Waals surface area contributed by atoms with E-state index in [9.17, 15) is 9.18 Å². The lowest BCUT2D eigenvalue weighted by atomic mass is 10.2. The normalized spacial score (nSPS) is 11.8. The van der Waals surface area contributed by atoms with E-state index in [1.54, 1.807) is 44.2 Å². The predicted molar refractivity (Wildman–Crippen MR) is 81.3 cm³/mol. The largest absolute Gasteiger partial charge is 0.481 e. The van der Waals surface area contributed by atoms with Crippen molar-refractivity contribution in [1.82, 2.24) is 0 Å². The number of anilines is 1. The molecule has 2 aromatic rings. The van der Waals surface area contributed by atoms with Crippen molar-refractivity contribution in [2.75, 3.05) is 5.32 Å². The van der Waals surface area contributed by atoms with Gasteiger partial charge in [0.2, 0.25) is 0 Å². The van der Waals surface area contributed by atoms with Gasteiger partial charge in [-0.25, -0.2) is 4.39 Å². The van der Waals surface area contributed by atoms with Crippen molar-refractivity contribution in [3.8, 4) is 5.75 Å². The Morgan fingerprint density at radius 3 is 2.71 bits per heavy atom. The number of benzene rings is 2. The van der Waals surface area contributed by atoms with Gasteiger partial charge in [0, 0.05) is 5.02 Å². The Morgan fingerprint density at radius 1 is 1.29 bits per heavy atom. The average Bonchev–Trinajstić information content (AvgIpc) is 2.41. The Bertz CT molecular complexity index is 660. The van der Waals surface area contributed by atoms with E-state index in [2.05, 4.69) is 5.32 Å². The Morgan fingerprint density at radius 2 is 2.05 bits per heavy atom. The molecule has 0 unspecified atom stereocenters. The van der Waals surface area contributed by atoms with E-state index in [1.165, 1.54) is 12.1 Å². The highest BCUT2D eigenvalue weighted by atomic mass is 35.5. The topological polar surface area (TPSA) is 38.3 Å². The SMILES string of the molecule is Cc1ccc(NC(=O)[C@@H](C)Oc2cccc(Cl)c2)c(F)c1. The van der Waals surface area contributed by atoms with E-state index in [0.717, 1.165) is 5.56 Å². The zero-order chi connectivity index (χ0) is 15.4. The monoisotopic (exact) mass is 307 g/mol. The summed E-state index contributed by atoms with van der Waals surface area (Å²) in [5.74, 6) is -0.425. The smallest absolute Gasteiger partial charge is 0.265 e. The van der Waals surface area contributed by atoms with E-state index in [-0.39, 0.29) is 5.69 Å². The summed E-state index contributed by atoms with van der Waals surface area (Å²) in [5, 5.41) is 3.02. The van der Waals surface area contributed by atoms with E-state index in [1.807, 2.05) is 0 Å². The van der Waals surface area contributed by atoms with Crippen molar-refractivity contribution in [3.63, 3.8) is 0 Å². The number of nitrogens with one attached hydrogen (secondary N) is 1. The van der Waals surface area contributed by atoms with Crippen LogP contribution in [0.25, 0.3) is 0 Å². The van der Waals surface area contributed by atoms with E-state index >= 15 is 0 Å². The molecule has 2 aromatic carbocycles. The number of hydrogen-bond donors (Lipinski definition) is 1. The number of rotatable bonds is 4. The van der Waals surface area contributed by atoms with Crippen molar-refractivity contribution in [1.29, 1.82) is 0 Å². The molecule has 1 N–H and O–H groups in total. The molecule has 0 aromatic heterocycles. The molecule has 0 bridgehead atoms. The molecule has 110 valence electrons. The highest BCUT2D eigenvalue weighted by Crippen LogP contribution is 2.19. The molecular weight excluding hydrogens is 293 g/mol. The third-order valence-electron chi connectivity index (χ3n) is 2.86. The predicted octanol–water partition coefficient (Wildman–Crippen LogP) is 4.19. The molecule has 0 spiro atoms. The first kappa shape index (κ1) is 15.3. The van der Waals surface area contributed by atoms with Crippen LogP contribution in [0.3, 0.4) is 0 Å². The summed E-state index contributed by atoms with van der Waals surface area (Å²) < 4.78 is 19.2. The zero-order valence-corrected chi connectivity index (χ0v) is 12.4. The second-order valence-electron chi connectivity index (χ2n) is 4.69. The van der Waals surface area contributed by atoms with Gasteiger partial charge in [0.05, 0.1) is 5.69 Å². The highest BCUT2D eigenvalue weighted by molar-refractivity contribution is 6.30.